The van der Waals surface area contributed by atoms with Crippen molar-refractivity contribution in [1.82, 2.24) is 9.80 Å². The molecule has 0 atom stereocenters. The van der Waals surface area contributed by atoms with Crippen molar-refractivity contribution < 1.29 is 4.79 Å². The third kappa shape index (κ3) is 2.86. The van der Waals surface area contributed by atoms with Gasteiger partial charge < -0.3 is 4.90 Å². The molecule has 0 bridgehead atoms. The van der Waals surface area contributed by atoms with Crippen LogP contribution in [-0.4, -0.2) is 48.4 Å². The summed E-state index contributed by atoms with van der Waals surface area (Å²) in [6.45, 7) is 7.25. The van der Waals surface area contributed by atoms with Crippen LogP contribution in [-0.2, 0) is 4.79 Å². The number of nitrogens with zero attached hydrogens (tertiary/aromatic N) is 2. The van der Waals surface area contributed by atoms with Crippen LogP contribution in [0.15, 0.2) is 0 Å². The molecule has 20 heavy (non-hydrogen) atoms. The summed E-state index contributed by atoms with van der Waals surface area (Å²) in [6.07, 6.45) is 7.86. The second-order valence-corrected chi connectivity index (χ2v) is 6.98. The molecule has 0 radical (unpaired) electrons. The Labute approximate surface area is 122 Å². The highest BCUT2D eigenvalue weighted by atomic mass is 16.2. The van der Waals surface area contributed by atoms with E-state index in [1.54, 1.807) is 0 Å². The summed E-state index contributed by atoms with van der Waals surface area (Å²) in [5.41, 5.74) is 0.491. The molecular weight excluding hydrogens is 248 g/mol. The Balaban J connectivity index is 1.38. The minimum Gasteiger partial charge on any atom is -0.331 e. The van der Waals surface area contributed by atoms with Gasteiger partial charge in [-0.15, -0.1) is 0 Å². The minimum absolute atomic E-state index is 0.0487. The fourth-order valence-corrected chi connectivity index (χ4v) is 4.04. The summed E-state index contributed by atoms with van der Waals surface area (Å²) in [7, 11) is 0. The highest BCUT2D eigenvalue weighted by molar-refractivity contribution is 5.94. The van der Waals surface area contributed by atoms with E-state index >= 15 is 0 Å². The van der Waals surface area contributed by atoms with Crippen LogP contribution >= 0.6 is 0 Å². The van der Waals surface area contributed by atoms with E-state index in [0.717, 1.165) is 38.6 Å². The zero-order valence-corrected chi connectivity index (χ0v) is 12.7. The van der Waals surface area contributed by atoms with Crippen molar-refractivity contribution in [3.8, 4) is 11.8 Å². The molecule has 0 aromatic carbocycles. The van der Waals surface area contributed by atoms with Gasteiger partial charge in [-0.1, -0.05) is 25.7 Å². The van der Waals surface area contributed by atoms with Crippen LogP contribution < -0.4 is 0 Å². The Hall–Kier alpha value is -1.01. The zero-order chi connectivity index (χ0) is 14.0. The van der Waals surface area contributed by atoms with Gasteiger partial charge in [0.2, 0.25) is 0 Å². The molecule has 2 saturated heterocycles. The highest BCUT2D eigenvalue weighted by Gasteiger charge is 2.52. The third-order valence-electron chi connectivity index (χ3n) is 5.31. The predicted molar refractivity (Wildman–Crippen MR) is 80.1 cm³/mol. The number of hydrogen-bond donors (Lipinski definition) is 0. The third-order valence-corrected chi connectivity index (χ3v) is 5.31. The topological polar surface area (TPSA) is 23.6 Å². The number of rotatable bonds is 2. The van der Waals surface area contributed by atoms with Gasteiger partial charge in [0.25, 0.3) is 5.91 Å². The Morgan fingerprint density at radius 2 is 1.90 bits per heavy atom. The summed E-state index contributed by atoms with van der Waals surface area (Å²) in [5, 5.41) is 0. The molecule has 2 aliphatic heterocycles. The van der Waals surface area contributed by atoms with E-state index in [4.69, 9.17) is 0 Å². The molecule has 0 unspecified atom stereocenters. The van der Waals surface area contributed by atoms with Crippen LogP contribution in [0.4, 0.5) is 0 Å². The van der Waals surface area contributed by atoms with Gasteiger partial charge in [-0.3, -0.25) is 9.69 Å². The lowest BCUT2D eigenvalue weighted by Crippen LogP contribution is -2.63. The van der Waals surface area contributed by atoms with Crippen LogP contribution in [0.3, 0.4) is 0 Å². The maximum absolute atomic E-state index is 12.0. The molecule has 1 spiro atoms. The van der Waals surface area contributed by atoms with Gasteiger partial charge in [0, 0.05) is 18.5 Å². The minimum atomic E-state index is 0.0487. The molecule has 0 aromatic heterocycles. The Morgan fingerprint density at radius 1 is 1.20 bits per heavy atom. The molecule has 3 fully saturated rings. The van der Waals surface area contributed by atoms with Gasteiger partial charge in [-0.2, -0.15) is 0 Å². The summed E-state index contributed by atoms with van der Waals surface area (Å²) in [4.78, 5) is 16.3. The van der Waals surface area contributed by atoms with E-state index in [-0.39, 0.29) is 5.91 Å². The monoisotopic (exact) mass is 274 g/mol. The van der Waals surface area contributed by atoms with E-state index in [1.165, 1.54) is 38.5 Å². The van der Waals surface area contributed by atoms with Crippen molar-refractivity contribution in [3.63, 3.8) is 0 Å². The number of carbonyl (C=O) groups excluding carboxylic acids is 1. The fourth-order valence-electron chi connectivity index (χ4n) is 4.04. The standard InChI is InChI=1S/C17H26N2O/c1-2-15-11-17(12-15)13-19(14-17)16(20)7-6-10-18-8-4-3-5-9-18/h15H,2-5,8-14H2,1H3. The zero-order valence-electron chi connectivity index (χ0n) is 12.7. The van der Waals surface area contributed by atoms with Gasteiger partial charge in [0.05, 0.1) is 6.54 Å². The lowest BCUT2D eigenvalue weighted by molar-refractivity contribution is -0.148. The number of carbonyl (C=O) groups is 1. The van der Waals surface area contributed by atoms with E-state index in [0.29, 0.717) is 5.41 Å². The number of amides is 1. The Morgan fingerprint density at radius 3 is 2.55 bits per heavy atom. The molecule has 1 aliphatic carbocycles. The first-order valence-corrected chi connectivity index (χ1v) is 8.21. The second-order valence-electron chi connectivity index (χ2n) is 6.98. The van der Waals surface area contributed by atoms with E-state index in [2.05, 4.69) is 23.7 Å². The number of likely N-dealkylation sites (tertiary alicyclic amines) is 2. The van der Waals surface area contributed by atoms with Crippen molar-refractivity contribution in [2.24, 2.45) is 11.3 Å². The molecule has 1 saturated carbocycles. The summed E-state index contributed by atoms with van der Waals surface area (Å²) in [5.74, 6) is 6.87. The van der Waals surface area contributed by atoms with E-state index in [1.807, 2.05) is 4.90 Å². The van der Waals surface area contributed by atoms with Gasteiger partial charge >= 0.3 is 0 Å². The van der Waals surface area contributed by atoms with Crippen molar-refractivity contribution in [3.05, 3.63) is 0 Å². The molecule has 3 nitrogen and oxygen atoms in total. The van der Waals surface area contributed by atoms with Crippen molar-refractivity contribution in [1.29, 1.82) is 0 Å². The summed E-state index contributed by atoms with van der Waals surface area (Å²) >= 11 is 0. The fraction of sp³-hybridized carbons (Fsp3) is 0.824. The van der Waals surface area contributed by atoms with E-state index < -0.39 is 0 Å². The van der Waals surface area contributed by atoms with Gasteiger partial charge in [0.1, 0.15) is 0 Å². The quantitative estimate of drug-likeness (QED) is 0.720. The predicted octanol–water partition coefficient (Wildman–Crippen LogP) is 2.12. The van der Waals surface area contributed by atoms with E-state index in [9.17, 15) is 4.79 Å². The smallest absolute Gasteiger partial charge is 0.298 e. The maximum atomic E-state index is 12.0. The summed E-state index contributed by atoms with van der Waals surface area (Å²) < 4.78 is 0. The molecule has 3 heteroatoms. The van der Waals surface area contributed by atoms with Crippen LogP contribution in [0.5, 0.6) is 0 Å². The van der Waals surface area contributed by atoms with Gasteiger partial charge in [0.15, 0.2) is 0 Å². The maximum Gasteiger partial charge on any atom is 0.298 e. The first-order chi connectivity index (χ1) is 9.71. The van der Waals surface area contributed by atoms with Crippen molar-refractivity contribution in [2.75, 3.05) is 32.7 Å². The van der Waals surface area contributed by atoms with Crippen LogP contribution in [0, 0.1) is 23.2 Å². The molecule has 3 aliphatic rings. The van der Waals surface area contributed by atoms with Crippen LogP contribution in [0.2, 0.25) is 0 Å². The first kappa shape index (κ1) is 13.9. The second kappa shape index (κ2) is 5.77. The number of piperidine rings is 1. The molecule has 3 rings (SSSR count). The molecule has 2 heterocycles. The van der Waals surface area contributed by atoms with Crippen molar-refractivity contribution >= 4 is 5.91 Å². The molecular formula is C17H26N2O. The average molecular weight is 274 g/mol. The largest absolute Gasteiger partial charge is 0.331 e. The Kier molecular flexibility index (Phi) is 4.03. The first-order valence-electron chi connectivity index (χ1n) is 8.21. The normalized spacial score (nSPS) is 25.6. The lowest BCUT2D eigenvalue weighted by atomic mass is 9.57. The average Bonchev–Trinajstić information content (AvgIpc) is 2.37. The van der Waals surface area contributed by atoms with Gasteiger partial charge in [-0.05, 0) is 50.6 Å². The number of hydrogen-bond acceptors (Lipinski definition) is 2. The lowest BCUT2D eigenvalue weighted by Gasteiger charge is -2.58. The summed E-state index contributed by atoms with van der Waals surface area (Å²) in [6, 6.07) is 0. The van der Waals surface area contributed by atoms with Gasteiger partial charge in [-0.25, -0.2) is 0 Å². The molecule has 0 aromatic rings. The SMILES string of the molecule is CCC1CC2(C1)CN(C(=O)C#CCN1CCCCC1)C2. The van der Waals surface area contributed by atoms with Crippen molar-refractivity contribution in [2.45, 2.75) is 45.4 Å². The highest BCUT2D eigenvalue weighted by Crippen LogP contribution is 2.52. The molecule has 0 N–H and O–H groups in total. The van der Waals surface area contributed by atoms with Crippen LogP contribution in [0.25, 0.3) is 0 Å². The van der Waals surface area contributed by atoms with Crippen LogP contribution in [0.1, 0.15) is 45.4 Å². The molecule has 1 amide bonds. The molecule has 110 valence electrons. The Bertz CT molecular complexity index is 414.